The van der Waals surface area contributed by atoms with Gasteiger partial charge in [-0.25, -0.2) is 13.8 Å². The fraction of sp³-hybridized carbons (Fsp3) is 0.231. The Labute approximate surface area is 221 Å². The predicted octanol–water partition coefficient (Wildman–Crippen LogP) is 4.89. The van der Waals surface area contributed by atoms with E-state index in [1.165, 1.54) is 36.2 Å². The first kappa shape index (κ1) is 26.9. The average molecular weight is 539 g/mol. The Morgan fingerprint density at radius 1 is 1.21 bits per heavy atom. The van der Waals surface area contributed by atoms with Crippen molar-refractivity contribution in [3.63, 3.8) is 0 Å². The second-order valence-electron chi connectivity index (χ2n) is 8.72. The lowest BCUT2D eigenvalue weighted by molar-refractivity contribution is 0.0978. The van der Waals surface area contributed by atoms with Gasteiger partial charge in [-0.15, -0.1) is 0 Å². The Kier molecular flexibility index (Phi) is 7.81. The first-order valence-corrected chi connectivity index (χ1v) is 12.2. The molecule has 0 unspecified atom stereocenters. The molecule has 3 heterocycles. The number of amides is 1. The molecule has 0 aromatic carbocycles. The number of hydrogen-bond donors (Lipinski definition) is 3. The highest BCUT2D eigenvalue weighted by atomic mass is 32.2. The van der Waals surface area contributed by atoms with E-state index < -0.39 is 18.0 Å². The van der Waals surface area contributed by atoms with E-state index >= 15 is 0 Å². The number of carbonyl (C=O) groups excluding carboxylic acids is 1. The van der Waals surface area contributed by atoms with Crippen molar-refractivity contribution in [2.45, 2.75) is 26.2 Å². The summed E-state index contributed by atoms with van der Waals surface area (Å²) >= 11 is 0.821. The second-order valence-corrected chi connectivity index (χ2v) is 9.77. The second kappa shape index (κ2) is 11.1. The average Bonchev–Trinajstić information content (AvgIpc) is 2.85. The number of hydrogen-bond acceptors (Lipinski definition) is 8. The van der Waals surface area contributed by atoms with Crippen LogP contribution in [0.2, 0.25) is 0 Å². The number of rotatable bonds is 6. The van der Waals surface area contributed by atoms with Crippen LogP contribution in [0.4, 0.5) is 8.78 Å². The number of pyridine rings is 3. The number of nitrogens with one attached hydrogen (secondary N) is 3. The Morgan fingerprint density at radius 3 is 2.58 bits per heavy atom. The number of nitrogens with zero attached hydrogens (tertiary/aromatic N) is 3. The summed E-state index contributed by atoms with van der Waals surface area (Å²) in [5, 5.41) is 18.7. The molecule has 0 atom stereocenters. The summed E-state index contributed by atoms with van der Waals surface area (Å²) in [6.07, 6.45) is 2.32. The van der Waals surface area contributed by atoms with Crippen LogP contribution in [0, 0.1) is 23.7 Å². The van der Waals surface area contributed by atoms with Gasteiger partial charge < -0.3 is 10.1 Å². The zero-order valence-electron chi connectivity index (χ0n) is 20.5. The summed E-state index contributed by atoms with van der Waals surface area (Å²) in [5.74, 6) is -0.497. The lowest BCUT2D eigenvalue weighted by Crippen LogP contribution is -2.31. The topological polar surface area (TPSA) is 134 Å². The lowest BCUT2D eigenvalue weighted by Gasteiger charge is -2.28. The highest BCUT2D eigenvalue weighted by molar-refractivity contribution is 8.26. The van der Waals surface area contributed by atoms with Crippen LogP contribution < -0.4 is 15.6 Å². The van der Waals surface area contributed by atoms with Gasteiger partial charge in [-0.1, -0.05) is 12.2 Å². The molecule has 1 aliphatic carbocycles. The molecule has 38 heavy (non-hydrogen) atoms. The maximum atomic E-state index is 13.5. The molecule has 4 rings (SSSR count). The third kappa shape index (κ3) is 5.70. The highest BCUT2D eigenvalue weighted by Crippen LogP contribution is 2.36. The van der Waals surface area contributed by atoms with Crippen LogP contribution in [0.5, 0.6) is 5.75 Å². The van der Waals surface area contributed by atoms with E-state index in [2.05, 4.69) is 21.9 Å². The molecule has 0 aliphatic heterocycles. The minimum Gasteiger partial charge on any atom is -0.494 e. The molecular weight excluding hydrogens is 514 g/mol. The number of methoxy groups -OCH3 is 1. The number of carbonyl (C=O) groups is 1. The number of amidine groups is 1. The van der Waals surface area contributed by atoms with E-state index in [-0.39, 0.29) is 49.9 Å². The molecule has 1 fully saturated rings. The molecule has 0 radical (unpaired) electrons. The fourth-order valence-corrected chi connectivity index (χ4v) is 4.61. The highest BCUT2D eigenvalue weighted by Gasteiger charge is 2.28. The van der Waals surface area contributed by atoms with Crippen molar-refractivity contribution in [3.05, 3.63) is 82.2 Å². The van der Waals surface area contributed by atoms with Gasteiger partial charge in [0.1, 0.15) is 17.3 Å². The predicted molar refractivity (Wildman–Crippen MR) is 142 cm³/mol. The summed E-state index contributed by atoms with van der Waals surface area (Å²) in [6, 6.07) is 5.64. The van der Waals surface area contributed by atoms with Crippen LogP contribution >= 0.6 is 11.8 Å². The van der Waals surface area contributed by atoms with E-state index in [4.69, 9.17) is 15.6 Å². The Hall–Kier alpha value is -4.19. The minimum absolute atomic E-state index is 0.0251. The number of aromatic nitrogens is 3. The van der Waals surface area contributed by atoms with Crippen molar-refractivity contribution in [3.8, 4) is 22.7 Å². The van der Waals surface area contributed by atoms with Crippen molar-refractivity contribution in [2.75, 3.05) is 7.11 Å². The summed E-state index contributed by atoms with van der Waals surface area (Å²) in [6.45, 7) is 5.61. The van der Waals surface area contributed by atoms with Crippen molar-refractivity contribution in [1.29, 1.82) is 10.8 Å². The molecule has 1 saturated carbocycles. The van der Waals surface area contributed by atoms with Gasteiger partial charge in [0.15, 0.2) is 5.17 Å². The number of halogens is 2. The van der Waals surface area contributed by atoms with Gasteiger partial charge in [0.25, 0.3) is 17.9 Å². The molecule has 9 nitrogen and oxygen atoms in total. The Bertz CT molecular complexity index is 1510. The van der Waals surface area contributed by atoms with Gasteiger partial charge in [-0.05, 0) is 55.3 Å². The van der Waals surface area contributed by atoms with Crippen molar-refractivity contribution >= 4 is 27.9 Å². The molecule has 3 N–H and O–H groups in total. The fourth-order valence-electron chi connectivity index (χ4n) is 3.91. The van der Waals surface area contributed by atoms with Gasteiger partial charge in [0, 0.05) is 35.5 Å². The van der Waals surface area contributed by atoms with Crippen LogP contribution in [0.15, 0.2) is 59.8 Å². The quantitative estimate of drug-likeness (QED) is 0.232. The van der Waals surface area contributed by atoms with E-state index in [0.717, 1.165) is 35.2 Å². The molecule has 0 spiro atoms. The van der Waals surface area contributed by atoms with Gasteiger partial charge >= 0.3 is 0 Å². The zero-order valence-corrected chi connectivity index (χ0v) is 21.4. The van der Waals surface area contributed by atoms with Crippen molar-refractivity contribution < 1.29 is 18.3 Å². The largest absolute Gasteiger partial charge is 0.494 e. The van der Waals surface area contributed by atoms with Crippen LogP contribution in [0.25, 0.3) is 16.9 Å². The van der Waals surface area contributed by atoms with Crippen LogP contribution in [0.1, 0.15) is 40.9 Å². The van der Waals surface area contributed by atoms with Gasteiger partial charge in [-0.2, -0.15) is 0 Å². The molecule has 12 heteroatoms. The minimum atomic E-state index is -2.88. The monoisotopic (exact) mass is 538 g/mol. The number of ether oxygens (including phenoxy) is 1. The van der Waals surface area contributed by atoms with E-state index in [9.17, 15) is 18.4 Å². The lowest BCUT2D eigenvalue weighted by atomic mass is 9.82. The Balaban J connectivity index is 1.75. The van der Waals surface area contributed by atoms with E-state index in [1.54, 1.807) is 13.0 Å². The third-order valence-corrected chi connectivity index (χ3v) is 6.82. The first-order chi connectivity index (χ1) is 18.1. The summed E-state index contributed by atoms with van der Waals surface area (Å²) in [5.41, 5.74) is 1.10. The number of aryl methyl sites for hydroxylation is 1. The standard InChI is InChI=1S/C26H24F2N6O3S/c1-13-4-5-34(22(35)8-13)21-10-16(17-9-19(23(27)28)31-12-20(17)37-3)18(11-32-21)25(36)33-26(30)38-24(29)15-6-14(2)7-15/h4-5,8-12,15,23,29H,2,6-7H2,1,3H3,(H2,30,33,36). The molecule has 1 amide bonds. The molecule has 0 saturated heterocycles. The van der Waals surface area contributed by atoms with Crippen LogP contribution in [-0.2, 0) is 0 Å². The molecular formula is C26H24F2N6O3S. The zero-order chi connectivity index (χ0) is 27.6. The maximum absolute atomic E-state index is 13.5. The number of alkyl halides is 2. The normalized spacial score (nSPS) is 13.2. The van der Waals surface area contributed by atoms with E-state index in [0.29, 0.717) is 12.8 Å². The number of thioether (sulfide) groups is 1. The molecule has 1 aliphatic rings. The molecule has 3 aromatic rings. The molecule has 0 bridgehead atoms. The maximum Gasteiger partial charge on any atom is 0.280 e. The Morgan fingerprint density at radius 2 is 1.95 bits per heavy atom. The SMILES string of the molecule is C=C1CC(C(=N)SC(=N)NC(=O)c2cnc(-n3ccc(C)cc3=O)cc2-c2cc(C(F)F)ncc2OC)C1. The smallest absolute Gasteiger partial charge is 0.280 e. The summed E-state index contributed by atoms with van der Waals surface area (Å²) < 4.78 is 33.6. The molecule has 196 valence electrons. The van der Waals surface area contributed by atoms with Crippen molar-refractivity contribution in [1.82, 2.24) is 19.9 Å². The van der Waals surface area contributed by atoms with E-state index in [1.807, 2.05) is 0 Å². The summed E-state index contributed by atoms with van der Waals surface area (Å²) in [4.78, 5) is 33.8. The molecule has 3 aromatic heterocycles. The van der Waals surface area contributed by atoms with Gasteiger partial charge in [0.05, 0.1) is 23.9 Å². The van der Waals surface area contributed by atoms with Gasteiger partial charge in [0.2, 0.25) is 0 Å². The van der Waals surface area contributed by atoms with Crippen molar-refractivity contribution in [2.24, 2.45) is 5.92 Å². The third-order valence-electron chi connectivity index (χ3n) is 5.96. The summed E-state index contributed by atoms with van der Waals surface area (Å²) in [7, 11) is 1.34. The number of allylic oxidation sites excluding steroid dienone is 1. The van der Waals surface area contributed by atoms with Gasteiger partial charge in [-0.3, -0.25) is 30.0 Å². The van der Waals surface area contributed by atoms with Crippen LogP contribution in [-0.4, -0.2) is 37.8 Å². The van der Waals surface area contributed by atoms with Crippen LogP contribution in [0.3, 0.4) is 0 Å². The first-order valence-electron chi connectivity index (χ1n) is 11.4.